The van der Waals surface area contributed by atoms with Crippen LogP contribution in [-0.4, -0.2) is 95.0 Å². The van der Waals surface area contributed by atoms with Crippen LogP contribution >= 0.6 is 0 Å². The van der Waals surface area contributed by atoms with Crippen LogP contribution in [-0.2, 0) is 14.3 Å². The first-order valence-electron chi connectivity index (χ1n) is 13.9. The van der Waals surface area contributed by atoms with Crippen molar-refractivity contribution in [3.8, 4) is 0 Å². The van der Waals surface area contributed by atoms with Crippen molar-refractivity contribution in [1.82, 2.24) is 37.0 Å². The number of hydrogen-bond acceptors (Lipinski definition) is 9. The molecule has 6 N–H and O–H groups in total. The maximum absolute atomic E-state index is 13.0. The van der Waals surface area contributed by atoms with Crippen molar-refractivity contribution in [3.63, 3.8) is 0 Å². The molecule has 0 radical (unpaired) electrons. The van der Waals surface area contributed by atoms with Crippen molar-refractivity contribution in [2.75, 3.05) is 53.7 Å². The van der Waals surface area contributed by atoms with E-state index in [0.29, 0.717) is 43.5 Å². The van der Waals surface area contributed by atoms with Gasteiger partial charge in [-0.1, -0.05) is 12.8 Å². The highest BCUT2D eigenvalue weighted by molar-refractivity contribution is 5.78. The highest BCUT2D eigenvalue weighted by atomic mass is 16.5. The molecular formula is C25H49N7O3. The molecule has 7 atom stereocenters. The SMILES string of the molecule is COCCOC1CCCC(CNC(=O)C2CCCC(NCC3NNC(C4CCNCN4)N3C)C2)C1. The van der Waals surface area contributed by atoms with Gasteiger partial charge in [-0.15, -0.1) is 0 Å². The monoisotopic (exact) mass is 495 g/mol. The summed E-state index contributed by atoms with van der Waals surface area (Å²) in [5.74, 6) is 0.892. The number of amides is 1. The topological polar surface area (TPSA) is 111 Å². The summed E-state index contributed by atoms with van der Waals surface area (Å²) in [4.78, 5) is 15.4. The summed E-state index contributed by atoms with van der Waals surface area (Å²) < 4.78 is 11.0. The molecule has 2 saturated heterocycles. The van der Waals surface area contributed by atoms with Gasteiger partial charge in [-0.25, -0.2) is 10.9 Å². The van der Waals surface area contributed by atoms with E-state index in [1.54, 1.807) is 7.11 Å². The molecule has 2 aliphatic carbocycles. The van der Waals surface area contributed by atoms with Crippen LogP contribution in [0, 0.1) is 11.8 Å². The van der Waals surface area contributed by atoms with E-state index in [2.05, 4.69) is 44.1 Å². The van der Waals surface area contributed by atoms with Crippen molar-refractivity contribution in [1.29, 1.82) is 0 Å². The summed E-state index contributed by atoms with van der Waals surface area (Å²) in [5, 5.41) is 13.9. The van der Waals surface area contributed by atoms with Gasteiger partial charge in [-0.05, 0) is 64.5 Å². The van der Waals surface area contributed by atoms with E-state index < -0.39 is 0 Å². The molecule has 10 nitrogen and oxygen atoms in total. The van der Waals surface area contributed by atoms with E-state index in [1.165, 1.54) is 12.8 Å². The molecule has 2 heterocycles. The van der Waals surface area contributed by atoms with Crippen molar-refractivity contribution in [2.24, 2.45) is 11.8 Å². The van der Waals surface area contributed by atoms with E-state index in [0.717, 1.165) is 71.2 Å². The molecule has 2 aliphatic heterocycles. The van der Waals surface area contributed by atoms with Crippen LogP contribution in [0.5, 0.6) is 0 Å². The van der Waals surface area contributed by atoms with Crippen LogP contribution in [0.25, 0.3) is 0 Å². The molecule has 0 spiro atoms. The molecule has 4 aliphatic rings. The lowest BCUT2D eigenvalue weighted by molar-refractivity contribution is -0.126. The van der Waals surface area contributed by atoms with Crippen LogP contribution < -0.4 is 32.1 Å². The highest BCUT2D eigenvalue weighted by Gasteiger charge is 2.36. The van der Waals surface area contributed by atoms with Crippen LogP contribution in [0.3, 0.4) is 0 Å². The molecule has 0 aromatic heterocycles. The van der Waals surface area contributed by atoms with Gasteiger partial charge in [0.25, 0.3) is 0 Å². The number of likely N-dealkylation sites (N-methyl/N-ethyl adjacent to an activating group) is 1. The van der Waals surface area contributed by atoms with Gasteiger partial charge in [0.15, 0.2) is 0 Å². The number of carbonyl (C=O) groups is 1. The lowest BCUT2D eigenvalue weighted by atomic mass is 9.84. The Kier molecular flexibility index (Phi) is 11.0. The molecule has 10 heteroatoms. The van der Waals surface area contributed by atoms with Gasteiger partial charge in [-0.3, -0.25) is 15.0 Å². The van der Waals surface area contributed by atoms with Crippen molar-refractivity contribution in [3.05, 3.63) is 0 Å². The first kappa shape index (κ1) is 27.2. The Labute approximate surface area is 211 Å². The Hall–Kier alpha value is -0.850. The fourth-order valence-electron chi connectivity index (χ4n) is 6.24. The Bertz CT molecular complexity index is 636. The number of methoxy groups -OCH3 is 1. The number of rotatable bonds is 11. The summed E-state index contributed by atoms with van der Waals surface area (Å²) in [7, 11) is 3.89. The average Bonchev–Trinajstić information content (AvgIpc) is 3.27. The van der Waals surface area contributed by atoms with Gasteiger partial charge >= 0.3 is 0 Å². The quantitative estimate of drug-likeness (QED) is 0.222. The highest BCUT2D eigenvalue weighted by Crippen LogP contribution is 2.27. The Morgan fingerprint density at radius 2 is 1.91 bits per heavy atom. The molecule has 2 saturated carbocycles. The van der Waals surface area contributed by atoms with E-state index >= 15 is 0 Å². The summed E-state index contributed by atoms with van der Waals surface area (Å²) >= 11 is 0. The molecule has 0 bridgehead atoms. The summed E-state index contributed by atoms with van der Waals surface area (Å²) in [5.41, 5.74) is 6.93. The molecule has 7 unspecified atom stereocenters. The molecule has 35 heavy (non-hydrogen) atoms. The standard InChI is InChI=1S/C25H49N7O3/c1-32-23(30-31-24(32)22-9-10-26-17-29-22)16-27-20-7-4-6-19(14-20)25(33)28-15-18-5-3-8-21(13-18)35-12-11-34-2/h18-24,26-27,29-31H,3-17H2,1-2H3,(H,28,33). The molecule has 4 rings (SSSR count). The molecule has 202 valence electrons. The second kappa shape index (κ2) is 14.2. The first-order valence-corrected chi connectivity index (χ1v) is 13.9. The number of ether oxygens (including phenoxy) is 2. The van der Waals surface area contributed by atoms with Gasteiger partial charge in [-0.2, -0.15) is 0 Å². The maximum Gasteiger partial charge on any atom is 0.223 e. The predicted molar refractivity (Wildman–Crippen MR) is 136 cm³/mol. The van der Waals surface area contributed by atoms with Crippen molar-refractivity contribution < 1.29 is 14.3 Å². The summed E-state index contributed by atoms with van der Waals surface area (Å²) in [6.45, 7) is 4.89. The minimum absolute atomic E-state index is 0.123. The Balaban J connectivity index is 1.14. The van der Waals surface area contributed by atoms with Crippen LogP contribution in [0.1, 0.15) is 57.8 Å². The van der Waals surface area contributed by atoms with Gasteiger partial charge in [0.2, 0.25) is 5.91 Å². The number of carbonyl (C=O) groups excluding carboxylic acids is 1. The average molecular weight is 496 g/mol. The zero-order valence-electron chi connectivity index (χ0n) is 21.8. The molecular weight excluding hydrogens is 446 g/mol. The molecule has 0 aromatic carbocycles. The molecule has 4 fully saturated rings. The lowest BCUT2D eigenvalue weighted by Crippen LogP contribution is -2.58. The van der Waals surface area contributed by atoms with E-state index in [9.17, 15) is 4.79 Å². The fraction of sp³-hybridized carbons (Fsp3) is 0.960. The van der Waals surface area contributed by atoms with E-state index in [-0.39, 0.29) is 18.0 Å². The van der Waals surface area contributed by atoms with E-state index in [4.69, 9.17) is 9.47 Å². The van der Waals surface area contributed by atoms with Crippen molar-refractivity contribution >= 4 is 5.91 Å². The normalized spacial score (nSPS) is 36.8. The zero-order chi connectivity index (χ0) is 24.5. The molecule has 1 amide bonds. The van der Waals surface area contributed by atoms with Crippen LogP contribution in [0.2, 0.25) is 0 Å². The number of nitrogens with zero attached hydrogens (tertiary/aromatic N) is 1. The number of hydrazine groups is 1. The Morgan fingerprint density at radius 3 is 2.74 bits per heavy atom. The zero-order valence-corrected chi connectivity index (χ0v) is 21.8. The third-order valence-electron chi connectivity index (χ3n) is 8.42. The lowest BCUT2D eigenvalue weighted by Gasteiger charge is -2.34. The number of hydrogen-bond donors (Lipinski definition) is 6. The fourth-order valence-corrected chi connectivity index (χ4v) is 6.24. The maximum atomic E-state index is 13.0. The Morgan fingerprint density at radius 1 is 1.03 bits per heavy atom. The second-order valence-corrected chi connectivity index (χ2v) is 10.9. The predicted octanol–water partition coefficient (Wildman–Crippen LogP) is 0.0736. The minimum atomic E-state index is 0.123. The molecule has 0 aromatic rings. The second-order valence-electron chi connectivity index (χ2n) is 10.9. The summed E-state index contributed by atoms with van der Waals surface area (Å²) in [6.07, 6.45) is 10.7. The number of nitrogens with one attached hydrogen (secondary N) is 6. The van der Waals surface area contributed by atoms with Gasteiger partial charge < -0.3 is 25.4 Å². The summed E-state index contributed by atoms with van der Waals surface area (Å²) in [6, 6.07) is 0.844. The third kappa shape index (κ3) is 8.07. The third-order valence-corrected chi connectivity index (χ3v) is 8.42. The van der Waals surface area contributed by atoms with Crippen molar-refractivity contribution in [2.45, 2.75) is 88.3 Å². The van der Waals surface area contributed by atoms with Crippen LogP contribution in [0.15, 0.2) is 0 Å². The minimum Gasteiger partial charge on any atom is -0.382 e. The van der Waals surface area contributed by atoms with E-state index in [1.807, 2.05) is 0 Å². The van der Waals surface area contributed by atoms with Crippen LogP contribution in [0.4, 0.5) is 0 Å². The van der Waals surface area contributed by atoms with Gasteiger partial charge in [0.1, 0.15) is 0 Å². The van der Waals surface area contributed by atoms with Gasteiger partial charge in [0, 0.05) is 44.9 Å². The van der Waals surface area contributed by atoms with Gasteiger partial charge in [0.05, 0.1) is 31.6 Å². The largest absolute Gasteiger partial charge is 0.382 e. The first-order chi connectivity index (χ1) is 17.1. The smallest absolute Gasteiger partial charge is 0.223 e.